The molecule has 0 aliphatic heterocycles. The van der Waals surface area contributed by atoms with Crippen LogP contribution in [-0.2, 0) is 6.42 Å². The fraction of sp³-hybridized carbons (Fsp3) is 0.333. The van der Waals surface area contributed by atoms with Crippen LogP contribution in [0.15, 0.2) is 48.5 Å². The summed E-state index contributed by atoms with van der Waals surface area (Å²) in [7, 11) is 0. The van der Waals surface area contributed by atoms with Gasteiger partial charge in [-0.1, -0.05) is 42.5 Å². The molecule has 1 aliphatic carbocycles. The van der Waals surface area contributed by atoms with Gasteiger partial charge in [0.25, 0.3) is 0 Å². The first kappa shape index (κ1) is 13.2. The maximum Gasteiger partial charge on any atom is 0.125 e. The predicted molar refractivity (Wildman–Crippen MR) is 80.1 cm³/mol. The van der Waals surface area contributed by atoms with E-state index in [0.29, 0.717) is 0 Å². The van der Waals surface area contributed by atoms with E-state index in [1.54, 1.807) is 0 Å². The molecule has 2 aromatic carbocycles. The second kappa shape index (κ2) is 5.29. The Hall–Kier alpha value is -1.80. The SMILES string of the molecule is CC(C)Oc1ccccc1C(O)C1Cc2ccccc21. The van der Waals surface area contributed by atoms with Gasteiger partial charge in [0.15, 0.2) is 0 Å². The summed E-state index contributed by atoms with van der Waals surface area (Å²) in [4.78, 5) is 0. The molecule has 0 amide bonds. The number of aliphatic hydroxyl groups is 1. The molecule has 0 spiro atoms. The van der Waals surface area contributed by atoms with Crippen molar-refractivity contribution in [3.05, 3.63) is 65.2 Å². The molecule has 2 atom stereocenters. The lowest BCUT2D eigenvalue weighted by Gasteiger charge is -2.34. The molecule has 0 saturated heterocycles. The molecule has 2 aromatic rings. The molecule has 3 rings (SSSR count). The second-order valence-electron chi connectivity index (χ2n) is 5.66. The number of para-hydroxylation sites is 1. The van der Waals surface area contributed by atoms with Crippen LogP contribution in [0.2, 0.25) is 0 Å². The molecule has 0 heterocycles. The molecule has 0 radical (unpaired) electrons. The number of hydrogen-bond acceptors (Lipinski definition) is 2. The van der Waals surface area contributed by atoms with Gasteiger partial charge in [0.1, 0.15) is 5.75 Å². The van der Waals surface area contributed by atoms with E-state index in [-0.39, 0.29) is 12.0 Å². The Kier molecular flexibility index (Phi) is 3.49. The van der Waals surface area contributed by atoms with E-state index in [0.717, 1.165) is 17.7 Å². The molecule has 2 nitrogen and oxygen atoms in total. The Morgan fingerprint density at radius 2 is 1.75 bits per heavy atom. The summed E-state index contributed by atoms with van der Waals surface area (Å²) in [5.74, 6) is 0.975. The number of fused-ring (bicyclic) bond motifs is 1. The topological polar surface area (TPSA) is 29.5 Å². The summed E-state index contributed by atoms with van der Waals surface area (Å²) in [5.41, 5.74) is 3.50. The molecule has 0 saturated carbocycles. The van der Waals surface area contributed by atoms with Crippen LogP contribution in [0.1, 0.15) is 42.6 Å². The molecule has 1 aliphatic rings. The lowest BCUT2D eigenvalue weighted by Crippen LogP contribution is -2.24. The van der Waals surface area contributed by atoms with Gasteiger partial charge in [-0.2, -0.15) is 0 Å². The van der Waals surface area contributed by atoms with Crippen molar-refractivity contribution in [1.29, 1.82) is 0 Å². The average molecular weight is 268 g/mol. The van der Waals surface area contributed by atoms with Crippen LogP contribution >= 0.6 is 0 Å². The van der Waals surface area contributed by atoms with E-state index in [4.69, 9.17) is 4.74 Å². The van der Waals surface area contributed by atoms with Gasteiger partial charge in [-0.3, -0.25) is 0 Å². The number of rotatable bonds is 4. The van der Waals surface area contributed by atoms with E-state index in [2.05, 4.69) is 18.2 Å². The Morgan fingerprint density at radius 1 is 1.05 bits per heavy atom. The van der Waals surface area contributed by atoms with Gasteiger partial charge in [-0.05, 0) is 37.5 Å². The first-order valence-electron chi connectivity index (χ1n) is 7.18. The summed E-state index contributed by atoms with van der Waals surface area (Å²) in [6.45, 7) is 4.00. The van der Waals surface area contributed by atoms with Crippen molar-refractivity contribution in [2.45, 2.75) is 38.4 Å². The zero-order chi connectivity index (χ0) is 14.1. The van der Waals surface area contributed by atoms with Crippen molar-refractivity contribution in [3.63, 3.8) is 0 Å². The number of ether oxygens (including phenoxy) is 1. The number of hydrogen-bond donors (Lipinski definition) is 1. The molecule has 104 valence electrons. The smallest absolute Gasteiger partial charge is 0.125 e. The quantitative estimate of drug-likeness (QED) is 0.912. The molecule has 0 bridgehead atoms. The Bertz CT molecular complexity index is 604. The highest BCUT2D eigenvalue weighted by Gasteiger charge is 2.33. The van der Waals surface area contributed by atoms with Crippen LogP contribution in [0.3, 0.4) is 0 Å². The summed E-state index contributed by atoms with van der Waals surface area (Å²) in [6.07, 6.45) is 0.546. The van der Waals surface area contributed by atoms with Gasteiger partial charge in [0.2, 0.25) is 0 Å². The molecular weight excluding hydrogens is 248 g/mol. The molecular formula is C18H20O2. The second-order valence-corrected chi connectivity index (χ2v) is 5.66. The van der Waals surface area contributed by atoms with E-state index in [1.165, 1.54) is 11.1 Å². The molecule has 2 unspecified atom stereocenters. The number of benzene rings is 2. The van der Waals surface area contributed by atoms with Gasteiger partial charge < -0.3 is 9.84 Å². The zero-order valence-electron chi connectivity index (χ0n) is 11.9. The zero-order valence-corrected chi connectivity index (χ0v) is 11.9. The van der Waals surface area contributed by atoms with Crippen LogP contribution in [0.5, 0.6) is 5.75 Å². The molecule has 2 heteroatoms. The molecule has 1 N–H and O–H groups in total. The summed E-state index contributed by atoms with van der Waals surface area (Å²) < 4.78 is 5.81. The summed E-state index contributed by atoms with van der Waals surface area (Å²) in [6, 6.07) is 16.1. The van der Waals surface area contributed by atoms with E-state index in [9.17, 15) is 5.11 Å². The fourth-order valence-corrected chi connectivity index (χ4v) is 2.88. The van der Waals surface area contributed by atoms with Crippen LogP contribution < -0.4 is 4.74 Å². The van der Waals surface area contributed by atoms with Crippen molar-refractivity contribution in [2.75, 3.05) is 0 Å². The van der Waals surface area contributed by atoms with Crippen LogP contribution in [0.25, 0.3) is 0 Å². The monoisotopic (exact) mass is 268 g/mol. The number of aliphatic hydroxyl groups excluding tert-OH is 1. The first-order valence-corrected chi connectivity index (χ1v) is 7.18. The highest BCUT2D eigenvalue weighted by molar-refractivity contribution is 5.45. The average Bonchev–Trinajstić information content (AvgIpc) is 2.40. The fourth-order valence-electron chi connectivity index (χ4n) is 2.88. The maximum atomic E-state index is 10.7. The van der Waals surface area contributed by atoms with Gasteiger partial charge in [-0.25, -0.2) is 0 Å². The summed E-state index contributed by atoms with van der Waals surface area (Å²) in [5, 5.41) is 10.7. The Labute approximate surface area is 120 Å². The molecule has 0 aromatic heterocycles. The molecule has 0 fully saturated rings. The van der Waals surface area contributed by atoms with Gasteiger partial charge in [0.05, 0.1) is 12.2 Å². The third-order valence-electron chi connectivity index (χ3n) is 3.88. The van der Waals surface area contributed by atoms with Crippen molar-refractivity contribution in [1.82, 2.24) is 0 Å². The minimum absolute atomic E-state index is 0.108. The maximum absolute atomic E-state index is 10.7. The molecule has 20 heavy (non-hydrogen) atoms. The van der Waals surface area contributed by atoms with Crippen molar-refractivity contribution in [2.24, 2.45) is 0 Å². The van der Waals surface area contributed by atoms with E-state index < -0.39 is 6.10 Å². The first-order chi connectivity index (χ1) is 9.66. The highest BCUT2D eigenvalue weighted by atomic mass is 16.5. The largest absolute Gasteiger partial charge is 0.491 e. The van der Waals surface area contributed by atoms with Gasteiger partial charge >= 0.3 is 0 Å². The lowest BCUT2D eigenvalue weighted by atomic mass is 9.73. The van der Waals surface area contributed by atoms with Crippen molar-refractivity contribution in [3.8, 4) is 5.75 Å². The van der Waals surface area contributed by atoms with Crippen molar-refractivity contribution >= 4 is 0 Å². The van der Waals surface area contributed by atoms with E-state index in [1.807, 2.05) is 44.2 Å². The lowest BCUT2D eigenvalue weighted by molar-refractivity contribution is 0.127. The van der Waals surface area contributed by atoms with Crippen LogP contribution in [-0.4, -0.2) is 11.2 Å². The minimum atomic E-state index is -0.500. The minimum Gasteiger partial charge on any atom is -0.491 e. The third-order valence-corrected chi connectivity index (χ3v) is 3.88. The summed E-state index contributed by atoms with van der Waals surface area (Å²) >= 11 is 0. The van der Waals surface area contributed by atoms with Gasteiger partial charge in [0, 0.05) is 11.5 Å². The Morgan fingerprint density at radius 3 is 2.50 bits per heavy atom. The predicted octanol–water partition coefficient (Wildman–Crippen LogP) is 3.85. The van der Waals surface area contributed by atoms with E-state index >= 15 is 0 Å². The Balaban J connectivity index is 1.87. The highest BCUT2D eigenvalue weighted by Crippen LogP contribution is 2.45. The third kappa shape index (κ3) is 2.32. The van der Waals surface area contributed by atoms with Crippen LogP contribution in [0.4, 0.5) is 0 Å². The van der Waals surface area contributed by atoms with Gasteiger partial charge in [-0.15, -0.1) is 0 Å². The van der Waals surface area contributed by atoms with Crippen LogP contribution in [0, 0.1) is 0 Å². The normalized spacial score (nSPS) is 18.3. The van der Waals surface area contributed by atoms with Crippen molar-refractivity contribution < 1.29 is 9.84 Å². The standard InChI is InChI=1S/C18H20O2/c1-12(2)20-17-10-6-5-9-15(17)18(19)16-11-13-7-3-4-8-14(13)16/h3-10,12,16,18-19H,11H2,1-2H3.